The van der Waals surface area contributed by atoms with Crippen LogP contribution in [-0.2, 0) is 4.74 Å². The van der Waals surface area contributed by atoms with Crippen LogP contribution in [0.2, 0.25) is 0 Å². The van der Waals surface area contributed by atoms with Gasteiger partial charge in [-0.3, -0.25) is 5.32 Å². The van der Waals surface area contributed by atoms with Gasteiger partial charge in [0.1, 0.15) is 6.23 Å². The van der Waals surface area contributed by atoms with Gasteiger partial charge in [-0.25, -0.2) is 0 Å². The molecule has 0 bridgehead atoms. The lowest BCUT2D eigenvalue weighted by molar-refractivity contribution is 0.0605. The maximum atomic E-state index is 5.37. The van der Waals surface area contributed by atoms with Gasteiger partial charge in [0, 0.05) is 13.2 Å². The molecule has 0 saturated carbocycles. The average molecular weight is 185 g/mol. The number of hydrogen-bond donors (Lipinski definition) is 1. The molecule has 1 saturated heterocycles. The molecule has 2 nitrogen and oxygen atoms in total. The highest BCUT2D eigenvalue weighted by Gasteiger charge is 2.17. The molecule has 1 aliphatic rings. The fourth-order valence-corrected chi connectivity index (χ4v) is 2.01. The number of methoxy groups -OCH3 is 1. The molecule has 1 rings (SSSR count). The Balaban J connectivity index is 2.26. The van der Waals surface area contributed by atoms with Crippen LogP contribution in [-0.4, -0.2) is 19.4 Å². The van der Waals surface area contributed by atoms with E-state index in [0.29, 0.717) is 12.3 Å². The van der Waals surface area contributed by atoms with E-state index >= 15 is 0 Å². The Morgan fingerprint density at radius 3 is 2.77 bits per heavy atom. The van der Waals surface area contributed by atoms with Crippen LogP contribution in [0.5, 0.6) is 0 Å². The van der Waals surface area contributed by atoms with E-state index in [2.05, 4.69) is 12.2 Å². The number of ether oxygens (including phenoxy) is 1. The van der Waals surface area contributed by atoms with Crippen LogP contribution in [0.4, 0.5) is 0 Å². The summed E-state index contributed by atoms with van der Waals surface area (Å²) in [6, 6.07) is 0.701. The number of nitrogens with one attached hydrogen (secondary N) is 1. The fraction of sp³-hybridized carbons (Fsp3) is 1.00. The van der Waals surface area contributed by atoms with Crippen LogP contribution >= 0.6 is 0 Å². The van der Waals surface area contributed by atoms with Gasteiger partial charge in [0.2, 0.25) is 0 Å². The Bertz CT molecular complexity index is 127. The minimum absolute atomic E-state index is 0.310. The van der Waals surface area contributed by atoms with Crippen molar-refractivity contribution in [1.29, 1.82) is 0 Å². The van der Waals surface area contributed by atoms with E-state index < -0.39 is 0 Å². The molecule has 2 atom stereocenters. The number of hydrogen-bond acceptors (Lipinski definition) is 2. The van der Waals surface area contributed by atoms with Crippen LogP contribution in [0.1, 0.15) is 51.9 Å². The van der Waals surface area contributed by atoms with Gasteiger partial charge in [0.05, 0.1) is 0 Å². The summed E-state index contributed by atoms with van der Waals surface area (Å²) in [7, 11) is 1.81. The Hall–Kier alpha value is -0.0800. The second-order valence-electron chi connectivity index (χ2n) is 4.01. The molecule has 78 valence electrons. The van der Waals surface area contributed by atoms with Crippen molar-refractivity contribution >= 4 is 0 Å². The molecule has 1 aliphatic heterocycles. The van der Waals surface area contributed by atoms with Gasteiger partial charge in [-0.05, 0) is 25.7 Å². The summed E-state index contributed by atoms with van der Waals surface area (Å²) in [4.78, 5) is 0. The van der Waals surface area contributed by atoms with Crippen molar-refractivity contribution < 1.29 is 4.74 Å². The van der Waals surface area contributed by atoms with Crippen molar-refractivity contribution in [3.63, 3.8) is 0 Å². The summed E-state index contributed by atoms with van der Waals surface area (Å²) >= 11 is 0. The van der Waals surface area contributed by atoms with Crippen molar-refractivity contribution in [3.05, 3.63) is 0 Å². The number of unbranched alkanes of at least 4 members (excludes halogenated alkanes) is 1. The summed E-state index contributed by atoms with van der Waals surface area (Å²) in [6.07, 6.45) is 9.46. The molecule has 0 aromatic carbocycles. The minimum Gasteiger partial charge on any atom is -0.367 e. The first kappa shape index (κ1) is 11.0. The SMILES string of the molecule is CCCCC1CCCCC(OC)N1. The Labute approximate surface area is 82.0 Å². The topological polar surface area (TPSA) is 21.3 Å². The predicted molar refractivity (Wildman–Crippen MR) is 55.7 cm³/mol. The second-order valence-corrected chi connectivity index (χ2v) is 4.01. The van der Waals surface area contributed by atoms with Crippen LogP contribution in [0.3, 0.4) is 0 Å². The zero-order chi connectivity index (χ0) is 9.52. The van der Waals surface area contributed by atoms with Gasteiger partial charge in [-0.15, -0.1) is 0 Å². The highest BCUT2D eigenvalue weighted by atomic mass is 16.5. The molecule has 0 radical (unpaired) electrons. The largest absolute Gasteiger partial charge is 0.367 e. The van der Waals surface area contributed by atoms with Gasteiger partial charge in [-0.1, -0.05) is 26.2 Å². The lowest BCUT2D eigenvalue weighted by atomic mass is 10.1. The molecule has 0 aromatic heterocycles. The van der Waals surface area contributed by atoms with E-state index in [9.17, 15) is 0 Å². The van der Waals surface area contributed by atoms with Gasteiger partial charge in [-0.2, -0.15) is 0 Å². The third-order valence-corrected chi connectivity index (χ3v) is 2.88. The van der Waals surface area contributed by atoms with E-state index in [-0.39, 0.29) is 0 Å². The van der Waals surface area contributed by atoms with Crippen molar-refractivity contribution in [1.82, 2.24) is 5.32 Å². The third kappa shape index (κ3) is 4.10. The lowest BCUT2D eigenvalue weighted by Crippen LogP contribution is -2.37. The smallest absolute Gasteiger partial charge is 0.107 e. The first-order chi connectivity index (χ1) is 6.36. The van der Waals surface area contributed by atoms with Crippen molar-refractivity contribution in [2.45, 2.75) is 64.1 Å². The summed E-state index contributed by atoms with van der Waals surface area (Å²) in [5.74, 6) is 0. The molecule has 0 amide bonds. The lowest BCUT2D eigenvalue weighted by Gasteiger charge is -2.21. The Morgan fingerprint density at radius 1 is 1.31 bits per heavy atom. The van der Waals surface area contributed by atoms with Crippen LogP contribution in [0.15, 0.2) is 0 Å². The van der Waals surface area contributed by atoms with Gasteiger partial charge in [0.15, 0.2) is 0 Å². The Morgan fingerprint density at radius 2 is 2.08 bits per heavy atom. The maximum Gasteiger partial charge on any atom is 0.107 e. The van der Waals surface area contributed by atoms with Crippen LogP contribution < -0.4 is 5.32 Å². The third-order valence-electron chi connectivity index (χ3n) is 2.88. The normalized spacial score (nSPS) is 30.0. The first-order valence-corrected chi connectivity index (χ1v) is 5.65. The summed E-state index contributed by atoms with van der Waals surface area (Å²) in [5.41, 5.74) is 0. The Kier molecular flexibility index (Phi) is 5.40. The molecule has 0 aliphatic carbocycles. The van der Waals surface area contributed by atoms with Crippen LogP contribution in [0.25, 0.3) is 0 Å². The summed E-state index contributed by atoms with van der Waals surface area (Å²) in [6.45, 7) is 2.25. The molecular weight excluding hydrogens is 162 g/mol. The van der Waals surface area contributed by atoms with Crippen LogP contribution in [0, 0.1) is 0 Å². The standard InChI is InChI=1S/C11H23NO/c1-3-4-7-10-8-5-6-9-11(12-10)13-2/h10-12H,3-9H2,1-2H3. The zero-order valence-electron chi connectivity index (χ0n) is 9.01. The zero-order valence-corrected chi connectivity index (χ0v) is 9.01. The quantitative estimate of drug-likeness (QED) is 0.727. The van der Waals surface area contributed by atoms with Gasteiger partial charge >= 0.3 is 0 Å². The second kappa shape index (κ2) is 6.39. The molecule has 0 aromatic rings. The predicted octanol–water partition coefficient (Wildman–Crippen LogP) is 2.68. The highest BCUT2D eigenvalue weighted by molar-refractivity contribution is 4.73. The minimum atomic E-state index is 0.310. The summed E-state index contributed by atoms with van der Waals surface area (Å²) < 4.78 is 5.37. The molecule has 1 heterocycles. The molecule has 2 heteroatoms. The molecule has 1 N–H and O–H groups in total. The van der Waals surface area contributed by atoms with Crippen molar-refractivity contribution in [2.75, 3.05) is 7.11 Å². The fourth-order valence-electron chi connectivity index (χ4n) is 2.01. The van der Waals surface area contributed by atoms with E-state index in [0.717, 1.165) is 0 Å². The maximum absolute atomic E-state index is 5.37. The van der Waals surface area contributed by atoms with Crippen molar-refractivity contribution in [3.8, 4) is 0 Å². The van der Waals surface area contributed by atoms with Crippen molar-refractivity contribution in [2.24, 2.45) is 0 Å². The molecule has 2 unspecified atom stereocenters. The first-order valence-electron chi connectivity index (χ1n) is 5.65. The molecule has 13 heavy (non-hydrogen) atoms. The molecule has 1 fully saturated rings. The monoisotopic (exact) mass is 185 g/mol. The average Bonchev–Trinajstić information content (AvgIpc) is 2.39. The molecule has 0 spiro atoms. The van der Waals surface area contributed by atoms with E-state index in [1.165, 1.54) is 44.9 Å². The molecular formula is C11H23NO. The van der Waals surface area contributed by atoms with Gasteiger partial charge < -0.3 is 4.74 Å². The van der Waals surface area contributed by atoms with E-state index in [1.54, 1.807) is 7.11 Å². The van der Waals surface area contributed by atoms with Gasteiger partial charge in [0.25, 0.3) is 0 Å². The highest BCUT2D eigenvalue weighted by Crippen LogP contribution is 2.16. The van der Waals surface area contributed by atoms with E-state index in [4.69, 9.17) is 4.74 Å². The summed E-state index contributed by atoms with van der Waals surface area (Å²) in [5, 5.41) is 3.58. The number of rotatable bonds is 4. The van der Waals surface area contributed by atoms with E-state index in [1.807, 2.05) is 0 Å².